The first-order valence-electron chi connectivity index (χ1n) is 4.91. The SMILES string of the molecule is COC(C)C(=O)Nc1ccc(OC(F)F)cc1. The van der Waals surface area contributed by atoms with E-state index in [0.29, 0.717) is 5.69 Å². The van der Waals surface area contributed by atoms with Crippen LogP contribution in [0.15, 0.2) is 24.3 Å². The Morgan fingerprint density at radius 3 is 2.35 bits per heavy atom. The minimum atomic E-state index is -2.86. The van der Waals surface area contributed by atoms with Gasteiger partial charge in [0.15, 0.2) is 0 Å². The first-order chi connectivity index (χ1) is 8.02. The van der Waals surface area contributed by atoms with E-state index < -0.39 is 12.7 Å². The van der Waals surface area contributed by atoms with Crippen molar-refractivity contribution in [3.05, 3.63) is 24.3 Å². The number of halogens is 2. The van der Waals surface area contributed by atoms with E-state index in [0.717, 1.165) is 0 Å². The van der Waals surface area contributed by atoms with Crippen molar-refractivity contribution in [2.75, 3.05) is 12.4 Å². The monoisotopic (exact) mass is 245 g/mol. The second-order valence-electron chi connectivity index (χ2n) is 3.27. The summed E-state index contributed by atoms with van der Waals surface area (Å²) in [6, 6.07) is 5.63. The molecular weight excluding hydrogens is 232 g/mol. The van der Waals surface area contributed by atoms with Gasteiger partial charge in [0.1, 0.15) is 11.9 Å². The number of carbonyl (C=O) groups is 1. The molecule has 0 saturated carbocycles. The van der Waals surface area contributed by atoms with E-state index in [2.05, 4.69) is 10.1 Å². The Hall–Kier alpha value is -1.69. The Morgan fingerprint density at radius 1 is 1.29 bits per heavy atom. The molecule has 0 aliphatic rings. The predicted molar refractivity (Wildman–Crippen MR) is 58.2 cm³/mol. The number of nitrogens with one attached hydrogen (secondary N) is 1. The van der Waals surface area contributed by atoms with Crippen molar-refractivity contribution < 1.29 is 23.0 Å². The Kier molecular flexibility index (Phi) is 4.84. The second kappa shape index (κ2) is 6.15. The summed E-state index contributed by atoms with van der Waals surface area (Å²) < 4.78 is 32.7. The third-order valence-electron chi connectivity index (χ3n) is 2.07. The lowest BCUT2D eigenvalue weighted by atomic mass is 10.3. The van der Waals surface area contributed by atoms with Gasteiger partial charge in [-0.1, -0.05) is 0 Å². The minimum absolute atomic E-state index is 0.0396. The van der Waals surface area contributed by atoms with E-state index >= 15 is 0 Å². The third kappa shape index (κ3) is 4.36. The Morgan fingerprint density at radius 2 is 1.88 bits per heavy atom. The minimum Gasteiger partial charge on any atom is -0.435 e. The van der Waals surface area contributed by atoms with E-state index in [-0.39, 0.29) is 11.7 Å². The number of amides is 1. The van der Waals surface area contributed by atoms with Gasteiger partial charge in [-0.2, -0.15) is 8.78 Å². The van der Waals surface area contributed by atoms with Gasteiger partial charge in [0.25, 0.3) is 5.91 Å². The highest BCUT2D eigenvalue weighted by molar-refractivity contribution is 5.93. The predicted octanol–water partition coefficient (Wildman–Crippen LogP) is 2.26. The topological polar surface area (TPSA) is 47.6 Å². The summed E-state index contributed by atoms with van der Waals surface area (Å²) in [6.07, 6.45) is -0.577. The molecule has 1 atom stereocenters. The zero-order valence-corrected chi connectivity index (χ0v) is 9.44. The smallest absolute Gasteiger partial charge is 0.387 e. The fraction of sp³-hybridized carbons (Fsp3) is 0.364. The third-order valence-corrected chi connectivity index (χ3v) is 2.07. The van der Waals surface area contributed by atoms with Crippen molar-refractivity contribution in [2.45, 2.75) is 19.6 Å². The molecule has 94 valence electrons. The Balaban J connectivity index is 2.59. The molecule has 6 heteroatoms. The van der Waals surface area contributed by atoms with Gasteiger partial charge in [0.05, 0.1) is 0 Å². The molecule has 17 heavy (non-hydrogen) atoms. The van der Waals surface area contributed by atoms with Gasteiger partial charge in [-0.15, -0.1) is 0 Å². The number of rotatable bonds is 5. The highest BCUT2D eigenvalue weighted by atomic mass is 19.3. The summed E-state index contributed by atoms with van der Waals surface area (Å²) in [4.78, 5) is 11.4. The highest BCUT2D eigenvalue weighted by Crippen LogP contribution is 2.17. The number of hydrogen-bond acceptors (Lipinski definition) is 3. The van der Waals surface area contributed by atoms with Crippen LogP contribution in [0, 0.1) is 0 Å². The van der Waals surface area contributed by atoms with Crippen LogP contribution in [-0.2, 0) is 9.53 Å². The Bertz CT molecular complexity index is 367. The molecule has 1 N–H and O–H groups in total. The van der Waals surface area contributed by atoms with Crippen LogP contribution in [0.25, 0.3) is 0 Å². The summed E-state index contributed by atoms with van der Waals surface area (Å²) in [6.45, 7) is -1.26. The molecule has 1 aromatic rings. The van der Waals surface area contributed by atoms with E-state index in [9.17, 15) is 13.6 Å². The van der Waals surface area contributed by atoms with Crippen LogP contribution in [0.2, 0.25) is 0 Å². The summed E-state index contributed by atoms with van der Waals surface area (Å²) in [5, 5.41) is 2.57. The molecular formula is C11H13F2NO3. The second-order valence-corrected chi connectivity index (χ2v) is 3.27. The van der Waals surface area contributed by atoms with Crippen molar-refractivity contribution in [2.24, 2.45) is 0 Å². The summed E-state index contributed by atoms with van der Waals surface area (Å²) in [5.74, 6) is -0.271. The standard InChI is InChI=1S/C11H13F2NO3/c1-7(16-2)10(15)14-8-3-5-9(6-4-8)17-11(12)13/h3-7,11H,1-2H3,(H,14,15). The van der Waals surface area contributed by atoms with Crippen molar-refractivity contribution in [1.82, 2.24) is 0 Å². The Labute approximate surface area is 97.5 Å². The molecule has 1 unspecified atom stereocenters. The maximum Gasteiger partial charge on any atom is 0.387 e. The number of hydrogen-bond donors (Lipinski definition) is 1. The van der Waals surface area contributed by atoms with Crippen LogP contribution in [0.1, 0.15) is 6.92 Å². The molecule has 0 aliphatic heterocycles. The lowest BCUT2D eigenvalue weighted by Gasteiger charge is -2.11. The molecule has 4 nitrogen and oxygen atoms in total. The van der Waals surface area contributed by atoms with E-state index in [1.54, 1.807) is 6.92 Å². The van der Waals surface area contributed by atoms with Crippen LogP contribution < -0.4 is 10.1 Å². The lowest BCUT2D eigenvalue weighted by molar-refractivity contribution is -0.124. The lowest BCUT2D eigenvalue weighted by Crippen LogP contribution is -2.26. The molecule has 0 bridgehead atoms. The van der Waals surface area contributed by atoms with Crippen molar-refractivity contribution in [3.63, 3.8) is 0 Å². The molecule has 1 aromatic carbocycles. The van der Waals surface area contributed by atoms with Gasteiger partial charge in [0, 0.05) is 12.8 Å². The van der Waals surface area contributed by atoms with Gasteiger partial charge < -0.3 is 14.8 Å². The first-order valence-corrected chi connectivity index (χ1v) is 4.91. The van der Waals surface area contributed by atoms with Crippen LogP contribution in [0.4, 0.5) is 14.5 Å². The zero-order chi connectivity index (χ0) is 12.8. The molecule has 0 saturated heterocycles. The van der Waals surface area contributed by atoms with Gasteiger partial charge >= 0.3 is 6.61 Å². The molecule has 0 radical (unpaired) electrons. The quantitative estimate of drug-likeness (QED) is 0.865. The summed E-state index contributed by atoms with van der Waals surface area (Å²) in [5.41, 5.74) is 0.487. The molecule has 0 aromatic heterocycles. The van der Waals surface area contributed by atoms with Gasteiger partial charge in [-0.25, -0.2) is 0 Å². The van der Waals surface area contributed by atoms with Crippen LogP contribution in [-0.4, -0.2) is 25.7 Å². The molecule has 0 spiro atoms. The molecule has 0 heterocycles. The summed E-state index contributed by atoms with van der Waals surface area (Å²) in [7, 11) is 1.42. The largest absolute Gasteiger partial charge is 0.435 e. The maximum atomic E-state index is 11.9. The molecule has 1 rings (SSSR count). The van der Waals surface area contributed by atoms with E-state index in [1.165, 1.54) is 31.4 Å². The number of benzene rings is 1. The van der Waals surface area contributed by atoms with Crippen molar-refractivity contribution in [1.29, 1.82) is 0 Å². The van der Waals surface area contributed by atoms with Crippen LogP contribution >= 0.6 is 0 Å². The molecule has 0 aliphatic carbocycles. The number of alkyl halides is 2. The van der Waals surface area contributed by atoms with Crippen LogP contribution in [0.5, 0.6) is 5.75 Å². The van der Waals surface area contributed by atoms with Crippen molar-refractivity contribution in [3.8, 4) is 5.75 Å². The van der Waals surface area contributed by atoms with Gasteiger partial charge in [-0.3, -0.25) is 4.79 Å². The average Bonchev–Trinajstić information content (AvgIpc) is 2.30. The average molecular weight is 245 g/mol. The number of anilines is 1. The number of ether oxygens (including phenoxy) is 2. The molecule has 0 fully saturated rings. The van der Waals surface area contributed by atoms with E-state index in [4.69, 9.17) is 4.74 Å². The van der Waals surface area contributed by atoms with E-state index in [1.807, 2.05) is 0 Å². The maximum absolute atomic E-state index is 11.9. The number of carbonyl (C=O) groups excluding carboxylic acids is 1. The van der Waals surface area contributed by atoms with Crippen LogP contribution in [0.3, 0.4) is 0 Å². The molecule has 1 amide bonds. The summed E-state index contributed by atoms with van der Waals surface area (Å²) >= 11 is 0. The normalized spacial score (nSPS) is 12.3. The van der Waals surface area contributed by atoms with Crippen molar-refractivity contribution >= 4 is 11.6 Å². The first kappa shape index (κ1) is 13.4. The van der Waals surface area contributed by atoms with Gasteiger partial charge in [-0.05, 0) is 31.2 Å². The highest BCUT2D eigenvalue weighted by Gasteiger charge is 2.11. The fourth-order valence-corrected chi connectivity index (χ4v) is 1.07. The number of methoxy groups -OCH3 is 1. The zero-order valence-electron chi connectivity index (χ0n) is 9.44. The van der Waals surface area contributed by atoms with Gasteiger partial charge in [0.2, 0.25) is 0 Å². The fourth-order valence-electron chi connectivity index (χ4n) is 1.07.